The first kappa shape index (κ1) is 14.8. The van der Waals surface area contributed by atoms with Crippen molar-refractivity contribution in [3.05, 3.63) is 34.6 Å². The van der Waals surface area contributed by atoms with Gasteiger partial charge in [0.2, 0.25) is 17.8 Å². The topological polar surface area (TPSA) is 88.9 Å². The fraction of sp³-hybridized carbons (Fsp3) is 0.231. The summed E-state index contributed by atoms with van der Waals surface area (Å²) in [4.78, 5) is 27.9. The van der Waals surface area contributed by atoms with Gasteiger partial charge in [-0.1, -0.05) is 23.2 Å². The number of rotatable bonds is 3. The summed E-state index contributed by atoms with van der Waals surface area (Å²) in [5, 5.41) is 10.0. The van der Waals surface area contributed by atoms with Gasteiger partial charge in [-0.15, -0.1) is 0 Å². The zero-order valence-corrected chi connectivity index (χ0v) is 12.7. The van der Waals surface area contributed by atoms with Gasteiger partial charge in [-0.3, -0.25) is 14.9 Å². The van der Waals surface area contributed by atoms with E-state index in [1.165, 1.54) is 6.33 Å². The monoisotopic (exact) mass is 339 g/mol. The lowest BCUT2D eigenvalue weighted by Crippen LogP contribution is -2.36. The summed E-state index contributed by atoms with van der Waals surface area (Å²) >= 11 is 11.7. The summed E-state index contributed by atoms with van der Waals surface area (Å²) in [7, 11) is 0. The van der Waals surface area contributed by atoms with Crippen LogP contribution in [0.2, 0.25) is 10.0 Å². The van der Waals surface area contributed by atoms with Gasteiger partial charge in [0.1, 0.15) is 6.33 Å². The number of aromatic nitrogens is 3. The zero-order chi connectivity index (χ0) is 15.7. The van der Waals surface area contributed by atoms with Gasteiger partial charge in [0, 0.05) is 12.1 Å². The van der Waals surface area contributed by atoms with E-state index < -0.39 is 5.92 Å². The lowest BCUT2D eigenvalue weighted by atomic mass is 10.0. The van der Waals surface area contributed by atoms with Crippen LogP contribution in [0.1, 0.15) is 6.42 Å². The van der Waals surface area contributed by atoms with E-state index in [0.717, 1.165) is 0 Å². The molecule has 3 rings (SSSR count). The molecule has 1 aliphatic rings. The van der Waals surface area contributed by atoms with E-state index in [-0.39, 0.29) is 18.2 Å². The fourth-order valence-corrected chi connectivity index (χ4v) is 2.46. The number of hydrogen-bond acceptors (Lipinski definition) is 4. The molecule has 1 aromatic heterocycles. The third-order valence-electron chi connectivity index (χ3n) is 3.25. The molecular weight excluding hydrogens is 329 g/mol. The molecule has 2 aromatic rings. The van der Waals surface area contributed by atoms with Crippen LogP contribution in [0, 0.1) is 5.92 Å². The van der Waals surface area contributed by atoms with E-state index in [0.29, 0.717) is 28.2 Å². The third kappa shape index (κ3) is 3.05. The molecule has 0 saturated carbocycles. The third-order valence-corrected chi connectivity index (χ3v) is 3.99. The second-order valence-corrected chi connectivity index (χ2v) is 5.65. The average molecular weight is 340 g/mol. The van der Waals surface area contributed by atoms with Gasteiger partial charge < -0.3 is 5.32 Å². The minimum absolute atomic E-state index is 0.0331. The van der Waals surface area contributed by atoms with Crippen LogP contribution >= 0.6 is 23.2 Å². The van der Waals surface area contributed by atoms with Gasteiger partial charge >= 0.3 is 0 Å². The first-order chi connectivity index (χ1) is 10.5. The molecule has 2 amide bonds. The molecule has 0 radical (unpaired) electrons. The molecule has 0 saturated heterocycles. The van der Waals surface area contributed by atoms with E-state index in [2.05, 4.69) is 20.7 Å². The Balaban J connectivity index is 1.64. The molecule has 0 bridgehead atoms. The van der Waals surface area contributed by atoms with Crippen molar-refractivity contribution in [2.45, 2.75) is 13.0 Å². The molecule has 1 aliphatic heterocycles. The Labute approximate surface area is 135 Å². The van der Waals surface area contributed by atoms with Crippen molar-refractivity contribution in [2.24, 2.45) is 5.92 Å². The maximum Gasteiger partial charge on any atom is 0.232 e. The number of nitrogens with one attached hydrogen (secondary N) is 2. The van der Waals surface area contributed by atoms with Gasteiger partial charge in [-0.25, -0.2) is 4.68 Å². The Kier molecular flexibility index (Phi) is 4.00. The van der Waals surface area contributed by atoms with Crippen LogP contribution in [0.5, 0.6) is 0 Å². The summed E-state index contributed by atoms with van der Waals surface area (Å²) in [6.07, 6.45) is 1.39. The smallest absolute Gasteiger partial charge is 0.232 e. The number of carbonyl (C=O) groups excluding carboxylic acids is 2. The number of benzene rings is 1. The molecule has 2 N–H and O–H groups in total. The molecule has 2 heterocycles. The number of amides is 2. The van der Waals surface area contributed by atoms with Crippen molar-refractivity contribution >= 4 is 46.7 Å². The molecule has 7 nitrogen and oxygen atoms in total. The summed E-state index contributed by atoms with van der Waals surface area (Å²) in [5.74, 6) is -0.644. The molecule has 22 heavy (non-hydrogen) atoms. The zero-order valence-electron chi connectivity index (χ0n) is 11.2. The van der Waals surface area contributed by atoms with Gasteiger partial charge in [0.25, 0.3) is 0 Å². The summed E-state index contributed by atoms with van der Waals surface area (Å²) in [5.41, 5.74) is 0.525. The Morgan fingerprint density at radius 2 is 2.23 bits per heavy atom. The number of halogens is 2. The van der Waals surface area contributed by atoms with E-state index >= 15 is 0 Å². The minimum atomic E-state index is -0.503. The fourth-order valence-electron chi connectivity index (χ4n) is 2.17. The molecule has 114 valence electrons. The second kappa shape index (κ2) is 5.94. The highest BCUT2D eigenvalue weighted by Gasteiger charge is 2.29. The average Bonchev–Trinajstić information content (AvgIpc) is 2.90. The highest BCUT2D eigenvalue weighted by molar-refractivity contribution is 6.42. The van der Waals surface area contributed by atoms with Crippen LogP contribution in [-0.2, 0) is 16.1 Å². The number of anilines is 2. The number of fused-ring (bicyclic) bond motifs is 1. The molecule has 9 heteroatoms. The van der Waals surface area contributed by atoms with Crippen LogP contribution in [-0.4, -0.2) is 26.6 Å². The van der Waals surface area contributed by atoms with Gasteiger partial charge in [0.05, 0.1) is 22.5 Å². The molecule has 0 aliphatic carbocycles. The first-order valence-electron chi connectivity index (χ1n) is 6.46. The van der Waals surface area contributed by atoms with E-state index in [1.54, 1.807) is 22.9 Å². The lowest BCUT2D eigenvalue weighted by molar-refractivity contribution is -0.125. The maximum atomic E-state index is 12.1. The van der Waals surface area contributed by atoms with Gasteiger partial charge in [-0.05, 0) is 18.2 Å². The Morgan fingerprint density at radius 3 is 3.00 bits per heavy atom. The van der Waals surface area contributed by atoms with Crippen LogP contribution in [0.4, 0.5) is 11.6 Å². The predicted molar refractivity (Wildman–Crippen MR) is 81.9 cm³/mol. The first-order valence-corrected chi connectivity index (χ1v) is 7.22. The number of nitrogens with zero attached hydrogens (tertiary/aromatic N) is 3. The van der Waals surface area contributed by atoms with E-state index in [1.807, 2.05) is 0 Å². The largest absolute Gasteiger partial charge is 0.326 e. The van der Waals surface area contributed by atoms with E-state index in [9.17, 15) is 9.59 Å². The van der Waals surface area contributed by atoms with Crippen molar-refractivity contribution in [3.8, 4) is 0 Å². The van der Waals surface area contributed by atoms with Crippen molar-refractivity contribution < 1.29 is 9.59 Å². The molecule has 0 fully saturated rings. The normalized spacial score (nSPS) is 16.8. The highest BCUT2D eigenvalue weighted by Crippen LogP contribution is 2.25. The maximum absolute atomic E-state index is 12.1. The standard InChI is InChI=1S/C13H11Cl2N5O2/c14-9-2-1-8(4-10(9)15)18-11(21)3-7-5-20-13(16-6-17-20)19-12(7)22/h1-2,4,6-7H,3,5H2,(H,18,21)(H,16,17,19,22)/t7-/m0/s1. The van der Waals surface area contributed by atoms with Gasteiger partial charge in [-0.2, -0.15) is 10.1 Å². The quantitative estimate of drug-likeness (QED) is 0.896. The van der Waals surface area contributed by atoms with E-state index in [4.69, 9.17) is 23.2 Å². The molecule has 1 aromatic carbocycles. The molecular formula is C13H11Cl2N5O2. The summed E-state index contributed by atoms with van der Waals surface area (Å²) in [6.45, 7) is 0.315. The minimum Gasteiger partial charge on any atom is -0.326 e. The highest BCUT2D eigenvalue weighted by atomic mass is 35.5. The van der Waals surface area contributed by atoms with Crippen molar-refractivity contribution in [2.75, 3.05) is 10.6 Å². The Morgan fingerprint density at radius 1 is 1.41 bits per heavy atom. The van der Waals surface area contributed by atoms with Gasteiger partial charge in [0.15, 0.2) is 0 Å². The lowest BCUT2D eigenvalue weighted by Gasteiger charge is -2.21. The number of carbonyl (C=O) groups is 2. The number of hydrogen-bond donors (Lipinski definition) is 2. The second-order valence-electron chi connectivity index (χ2n) is 4.83. The Hall–Kier alpha value is -2.12. The predicted octanol–water partition coefficient (Wildman–Crippen LogP) is 2.18. The summed E-state index contributed by atoms with van der Waals surface area (Å²) < 4.78 is 1.55. The molecule has 1 atom stereocenters. The van der Waals surface area contributed by atoms with Crippen molar-refractivity contribution in [1.29, 1.82) is 0 Å². The molecule has 0 spiro atoms. The Bertz CT molecular complexity index is 746. The van der Waals surface area contributed by atoms with Crippen LogP contribution < -0.4 is 10.6 Å². The van der Waals surface area contributed by atoms with Crippen molar-refractivity contribution in [3.63, 3.8) is 0 Å². The van der Waals surface area contributed by atoms with Crippen LogP contribution in [0.3, 0.4) is 0 Å². The molecule has 0 unspecified atom stereocenters. The summed E-state index contributed by atoms with van der Waals surface area (Å²) in [6, 6.07) is 4.79. The van der Waals surface area contributed by atoms with Crippen molar-refractivity contribution in [1.82, 2.24) is 14.8 Å². The van der Waals surface area contributed by atoms with Crippen LogP contribution in [0.15, 0.2) is 24.5 Å². The van der Waals surface area contributed by atoms with Crippen LogP contribution in [0.25, 0.3) is 0 Å². The SMILES string of the molecule is O=C(C[C@H]1Cn2ncnc2NC1=O)Nc1ccc(Cl)c(Cl)c1.